The van der Waals surface area contributed by atoms with Crippen molar-refractivity contribution in [2.24, 2.45) is 0 Å². The first-order valence-corrected chi connectivity index (χ1v) is 6.51. The lowest BCUT2D eigenvalue weighted by Crippen LogP contribution is -2.51. The minimum atomic E-state index is -1.47. The molecule has 0 amide bonds. The van der Waals surface area contributed by atoms with E-state index in [1.807, 2.05) is 0 Å². The number of hydrogen-bond acceptors (Lipinski definition) is 6. The quantitative estimate of drug-likeness (QED) is 0.762. The van der Waals surface area contributed by atoms with Crippen LogP contribution in [0, 0.1) is 0 Å². The maximum Gasteiger partial charge on any atom is 0.190 e. The van der Waals surface area contributed by atoms with Crippen molar-refractivity contribution in [3.8, 4) is 0 Å². The Labute approximate surface area is 114 Å². The second-order valence-corrected chi connectivity index (χ2v) is 6.34. The predicted molar refractivity (Wildman–Crippen MR) is 64.2 cm³/mol. The van der Waals surface area contributed by atoms with Crippen LogP contribution in [0.4, 0.5) is 0 Å². The van der Waals surface area contributed by atoms with Crippen molar-refractivity contribution in [2.45, 2.75) is 76.4 Å². The second kappa shape index (κ2) is 3.90. The molecule has 3 fully saturated rings. The molecule has 0 unspecified atom stereocenters. The molecule has 5 atom stereocenters. The summed E-state index contributed by atoms with van der Waals surface area (Å²) in [5, 5.41) is 10.8. The van der Waals surface area contributed by atoms with E-state index in [9.17, 15) is 5.11 Å². The van der Waals surface area contributed by atoms with Crippen molar-refractivity contribution in [3.05, 3.63) is 0 Å². The molecule has 6 nitrogen and oxygen atoms in total. The smallest absolute Gasteiger partial charge is 0.190 e. The molecule has 0 aliphatic carbocycles. The van der Waals surface area contributed by atoms with E-state index < -0.39 is 41.8 Å². The molecule has 0 aromatic heterocycles. The molecule has 19 heavy (non-hydrogen) atoms. The molecule has 0 aromatic carbocycles. The average molecular weight is 275 g/mol. The van der Waals surface area contributed by atoms with Gasteiger partial charge in [0.25, 0.3) is 0 Å². The highest BCUT2D eigenvalue weighted by Crippen LogP contribution is 2.45. The number of ether oxygens (including phenoxy) is 5. The first-order chi connectivity index (χ1) is 9.17. The summed E-state index contributed by atoms with van der Waals surface area (Å²) in [4.78, 5) is 0. The van der Waals surface area contributed by atoms with Crippen LogP contribution >= 0.6 is 0 Å². The molecule has 0 aromatic rings. The van der Waals surface area contributed by atoms with Crippen LogP contribution in [0.3, 0.4) is 0 Å². The fourth-order valence-electron chi connectivity index (χ4n) is 2.87. The van der Waals surface area contributed by atoms with E-state index in [1.54, 1.807) is 27.7 Å². The van der Waals surface area contributed by atoms with Crippen molar-refractivity contribution in [2.75, 3.05) is 6.61 Å². The van der Waals surface area contributed by atoms with E-state index in [4.69, 9.17) is 25.1 Å². The fraction of sp³-hybridized carbons (Fsp3) is 1.00. The van der Waals surface area contributed by atoms with Gasteiger partial charge in [0, 0.05) is 1.37 Å². The van der Waals surface area contributed by atoms with Gasteiger partial charge in [-0.25, -0.2) is 0 Å². The SMILES string of the molecule is [2H]C[C@@]1(O)[C@@H]([C@H]2COC(C)(C)O2)O[C@@H]2OC(C)(C)O[C@@H]21. The highest BCUT2D eigenvalue weighted by Gasteiger charge is 2.63. The first kappa shape index (κ1) is 12.5. The van der Waals surface area contributed by atoms with Crippen LogP contribution in [0.25, 0.3) is 0 Å². The third kappa shape index (κ3) is 2.20. The van der Waals surface area contributed by atoms with Gasteiger partial charge in [-0.05, 0) is 34.6 Å². The second-order valence-electron chi connectivity index (χ2n) is 6.34. The first-order valence-electron chi connectivity index (χ1n) is 7.22. The minimum Gasteiger partial charge on any atom is -0.384 e. The zero-order valence-electron chi connectivity index (χ0n) is 12.7. The zero-order chi connectivity index (χ0) is 14.8. The van der Waals surface area contributed by atoms with Crippen molar-refractivity contribution in [1.82, 2.24) is 0 Å². The maximum absolute atomic E-state index is 10.8. The molecule has 3 aliphatic heterocycles. The van der Waals surface area contributed by atoms with Gasteiger partial charge in [0.2, 0.25) is 0 Å². The molecular weight excluding hydrogens is 252 g/mol. The molecule has 110 valence electrons. The Bertz CT molecular complexity index is 400. The molecule has 0 spiro atoms. The van der Waals surface area contributed by atoms with Gasteiger partial charge in [0.15, 0.2) is 17.9 Å². The van der Waals surface area contributed by atoms with Crippen molar-refractivity contribution >= 4 is 0 Å². The number of fused-ring (bicyclic) bond motifs is 1. The Morgan fingerprint density at radius 1 is 1.05 bits per heavy atom. The Hall–Kier alpha value is -0.240. The topological polar surface area (TPSA) is 66.4 Å². The van der Waals surface area contributed by atoms with Crippen molar-refractivity contribution in [3.63, 3.8) is 0 Å². The highest BCUT2D eigenvalue weighted by atomic mass is 16.8. The summed E-state index contributed by atoms with van der Waals surface area (Å²) in [6, 6.07) is 0. The number of hydrogen-bond donors (Lipinski definition) is 1. The lowest BCUT2D eigenvalue weighted by atomic mass is 9.91. The maximum atomic E-state index is 10.8. The van der Waals surface area contributed by atoms with E-state index in [1.165, 1.54) is 0 Å². The molecule has 1 N–H and O–H groups in total. The van der Waals surface area contributed by atoms with Gasteiger partial charge in [0.1, 0.15) is 23.9 Å². The largest absolute Gasteiger partial charge is 0.384 e. The van der Waals surface area contributed by atoms with Crippen molar-refractivity contribution < 1.29 is 30.2 Å². The van der Waals surface area contributed by atoms with Gasteiger partial charge in [-0.1, -0.05) is 0 Å². The summed E-state index contributed by atoms with van der Waals surface area (Å²) < 4.78 is 36.1. The summed E-state index contributed by atoms with van der Waals surface area (Å²) in [5.41, 5.74) is -1.47. The fourth-order valence-corrected chi connectivity index (χ4v) is 2.87. The Morgan fingerprint density at radius 2 is 1.79 bits per heavy atom. The Morgan fingerprint density at radius 3 is 2.37 bits per heavy atom. The van der Waals surface area contributed by atoms with Gasteiger partial charge < -0.3 is 28.8 Å². The lowest BCUT2D eigenvalue weighted by Gasteiger charge is -2.33. The van der Waals surface area contributed by atoms with Gasteiger partial charge in [-0.15, -0.1) is 0 Å². The molecule has 3 saturated heterocycles. The van der Waals surface area contributed by atoms with E-state index >= 15 is 0 Å². The average Bonchev–Trinajstić information content (AvgIpc) is 2.91. The lowest BCUT2D eigenvalue weighted by molar-refractivity contribution is -0.245. The van der Waals surface area contributed by atoms with Crippen LogP contribution in [0.1, 0.15) is 36.0 Å². The summed E-state index contributed by atoms with van der Waals surface area (Å²) in [6.45, 7) is 7.18. The van der Waals surface area contributed by atoms with Crippen LogP contribution in [-0.2, 0) is 23.7 Å². The van der Waals surface area contributed by atoms with Crippen LogP contribution < -0.4 is 0 Å². The van der Waals surface area contributed by atoms with Gasteiger partial charge in [-0.3, -0.25) is 0 Å². The van der Waals surface area contributed by atoms with Gasteiger partial charge in [-0.2, -0.15) is 0 Å². The molecule has 3 aliphatic rings. The Kier molecular flexibility index (Phi) is 2.57. The van der Waals surface area contributed by atoms with Crippen LogP contribution in [0.15, 0.2) is 0 Å². The normalized spacial score (nSPS) is 52.2. The summed E-state index contributed by atoms with van der Waals surface area (Å²) in [7, 11) is 0. The third-order valence-electron chi connectivity index (χ3n) is 3.69. The molecule has 3 heterocycles. The van der Waals surface area contributed by atoms with Crippen LogP contribution in [-0.4, -0.2) is 53.5 Å². The molecule has 0 radical (unpaired) electrons. The van der Waals surface area contributed by atoms with Crippen LogP contribution in [0.5, 0.6) is 0 Å². The molecule has 0 bridgehead atoms. The summed E-state index contributed by atoms with van der Waals surface area (Å²) in [6.07, 6.45) is -2.51. The minimum absolute atomic E-state index is 0.251. The number of aliphatic hydroxyl groups is 1. The van der Waals surface area contributed by atoms with Gasteiger partial charge in [0.05, 0.1) is 6.61 Å². The summed E-state index contributed by atoms with van der Waals surface area (Å²) in [5.74, 6) is -1.54. The molecular formula is C13H22O6. The third-order valence-corrected chi connectivity index (χ3v) is 3.69. The standard InChI is InChI=1S/C13H22O6/c1-11(2)15-6-7(17-11)8-13(5,14)9-10(16-8)19-12(3,4)18-9/h7-10,14H,6H2,1-5H3/t7-,8-,9+,10-,13-/m1/s1/i5D. The monoisotopic (exact) mass is 275 g/mol. The molecule has 0 saturated carbocycles. The van der Waals surface area contributed by atoms with Crippen molar-refractivity contribution in [1.29, 1.82) is 0 Å². The number of rotatable bonds is 1. The zero-order valence-corrected chi connectivity index (χ0v) is 11.7. The van der Waals surface area contributed by atoms with Gasteiger partial charge >= 0.3 is 0 Å². The highest BCUT2D eigenvalue weighted by molar-refractivity contribution is 5.06. The predicted octanol–water partition coefficient (Wildman–Crippen LogP) is 0.765. The van der Waals surface area contributed by atoms with E-state index in [0.717, 1.165) is 0 Å². The van der Waals surface area contributed by atoms with E-state index in [2.05, 4.69) is 0 Å². The molecule has 3 rings (SSSR count). The Balaban J connectivity index is 1.81. The van der Waals surface area contributed by atoms with Crippen LogP contribution in [0.2, 0.25) is 0 Å². The van der Waals surface area contributed by atoms with E-state index in [0.29, 0.717) is 6.61 Å². The molecule has 6 heteroatoms. The summed E-state index contributed by atoms with van der Waals surface area (Å²) >= 11 is 0. The van der Waals surface area contributed by atoms with E-state index in [-0.39, 0.29) is 6.90 Å².